The van der Waals surface area contributed by atoms with Gasteiger partial charge in [-0.2, -0.15) is 0 Å². The number of unbranched alkanes of at least 4 members (excludes halogenated alkanes) is 1. The Hall–Kier alpha value is -1.57. The summed E-state index contributed by atoms with van der Waals surface area (Å²) in [5, 5.41) is 8.86. The Labute approximate surface area is 90.3 Å². The molecule has 0 saturated carbocycles. The Bertz CT molecular complexity index is 328. The lowest BCUT2D eigenvalue weighted by Crippen LogP contribution is -1.98. The van der Waals surface area contributed by atoms with Crippen molar-refractivity contribution in [3.8, 4) is 0 Å². The van der Waals surface area contributed by atoms with E-state index in [1.165, 1.54) is 0 Å². The molecule has 0 amide bonds. The van der Waals surface area contributed by atoms with Gasteiger partial charge in [-0.25, -0.2) is 0 Å². The van der Waals surface area contributed by atoms with Crippen LogP contribution >= 0.6 is 0 Å². The fourth-order valence-corrected chi connectivity index (χ4v) is 1.38. The topological polar surface area (TPSA) is 37.3 Å². The standard InChI is InChI=1S/C13H16O2/c1-11(14)7-5-6-10-13(15)12-8-3-2-4-9-12/h2-4,8-9,14H,1,5-7,10H2. The molecule has 0 atom stereocenters. The molecule has 1 aromatic carbocycles. The third-order valence-corrected chi connectivity index (χ3v) is 2.21. The molecule has 1 N–H and O–H groups in total. The highest BCUT2D eigenvalue weighted by molar-refractivity contribution is 5.95. The molecule has 0 fully saturated rings. The van der Waals surface area contributed by atoms with Gasteiger partial charge in [0, 0.05) is 18.4 Å². The van der Waals surface area contributed by atoms with Crippen LogP contribution < -0.4 is 0 Å². The third-order valence-electron chi connectivity index (χ3n) is 2.21. The number of aliphatic hydroxyl groups excluding tert-OH is 1. The Morgan fingerprint density at radius 3 is 2.33 bits per heavy atom. The number of rotatable bonds is 6. The lowest BCUT2D eigenvalue weighted by Gasteiger charge is -2.00. The van der Waals surface area contributed by atoms with Gasteiger partial charge in [0.15, 0.2) is 5.78 Å². The lowest BCUT2D eigenvalue weighted by atomic mass is 10.0. The van der Waals surface area contributed by atoms with Crippen LogP contribution in [-0.4, -0.2) is 10.9 Å². The van der Waals surface area contributed by atoms with Crippen molar-refractivity contribution in [2.24, 2.45) is 0 Å². The summed E-state index contributed by atoms with van der Waals surface area (Å²) in [4.78, 5) is 11.6. The molecule has 0 aliphatic heterocycles. The summed E-state index contributed by atoms with van der Waals surface area (Å²) in [7, 11) is 0. The van der Waals surface area contributed by atoms with Crippen LogP contribution in [-0.2, 0) is 0 Å². The fourth-order valence-electron chi connectivity index (χ4n) is 1.38. The van der Waals surface area contributed by atoms with Crippen LogP contribution in [0.2, 0.25) is 0 Å². The minimum absolute atomic E-state index is 0.166. The average molecular weight is 204 g/mol. The van der Waals surface area contributed by atoms with Crippen molar-refractivity contribution in [1.29, 1.82) is 0 Å². The number of hydrogen-bond donors (Lipinski definition) is 1. The Morgan fingerprint density at radius 1 is 1.13 bits per heavy atom. The Kier molecular flexibility index (Phi) is 4.61. The molecule has 15 heavy (non-hydrogen) atoms. The van der Waals surface area contributed by atoms with E-state index in [4.69, 9.17) is 5.11 Å². The van der Waals surface area contributed by atoms with Crippen molar-refractivity contribution in [2.75, 3.05) is 0 Å². The SMILES string of the molecule is C=C(O)CCCCC(=O)c1ccccc1. The van der Waals surface area contributed by atoms with E-state index in [1.54, 1.807) is 0 Å². The molecular formula is C13H16O2. The number of allylic oxidation sites excluding steroid dienone is 1. The second-order valence-corrected chi connectivity index (χ2v) is 3.56. The molecule has 0 aromatic heterocycles. The molecule has 0 heterocycles. The number of carbonyl (C=O) groups excluding carboxylic acids is 1. The number of ketones is 1. The van der Waals surface area contributed by atoms with Crippen molar-refractivity contribution >= 4 is 5.78 Å². The van der Waals surface area contributed by atoms with E-state index in [2.05, 4.69) is 6.58 Å². The summed E-state index contributed by atoms with van der Waals surface area (Å²) in [6, 6.07) is 9.28. The second-order valence-electron chi connectivity index (χ2n) is 3.56. The smallest absolute Gasteiger partial charge is 0.162 e. The molecule has 0 bridgehead atoms. The molecule has 1 aromatic rings. The highest BCUT2D eigenvalue weighted by Crippen LogP contribution is 2.09. The predicted octanol–water partition coefficient (Wildman–Crippen LogP) is 3.50. The molecule has 0 unspecified atom stereocenters. The minimum Gasteiger partial charge on any atom is -0.513 e. The summed E-state index contributed by atoms with van der Waals surface area (Å²) < 4.78 is 0. The number of benzene rings is 1. The monoisotopic (exact) mass is 204 g/mol. The molecule has 1 rings (SSSR count). The van der Waals surface area contributed by atoms with E-state index in [9.17, 15) is 4.79 Å². The number of hydrogen-bond acceptors (Lipinski definition) is 2. The van der Waals surface area contributed by atoms with Gasteiger partial charge in [0.2, 0.25) is 0 Å². The molecule has 0 radical (unpaired) electrons. The maximum Gasteiger partial charge on any atom is 0.162 e. The van der Waals surface area contributed by atoms with E-state index < -0.39 is 0 Å². The summed E-state index contributed by atoms with van der Waals surface area (Å²) >= 11 is 0. The quantitative estimate of drug-likeness (QED) is 0.437. The highest BCUT2D eigenvalue weighted by atomic mass is 16.3. The maximum atomic E-state index is 11.6. The molecule has 2 heteroatoms. The largest absolute Gasteiger partial charge is 0.513 e. The first-order valence-electron chi connectivity index (χ1n) is 5.15. The average Bonchev–Trinajstić information content (AvgIpc) is 2.25. The van der Waals surface area contributed by atoms with Gasteiger partial charge < -0.3 is 5.11 Å². The highest BCUT2D eigenvalue weighted by Gasteiger charge is 2.03. The summed E-state index contributed by atoms with van der Waals surface area (Å²) in [6.07, 6.45) is 2.74. The van der Waals surface area contributed by atoms with Gasteiger partial charge in [-0.15, -0.1) is 0 Å². The number of Topliss-reactive ketones (excluding diaryl/α,β-unsaturated/α-hetero) is 1. The molecule has 0 aliphatic rings. The van der Waals surface area contributed by atoms with E-state index in [0.717, 1.165) is 18.4 Å². The van der Waals surface area contributed by atoms with Gasteiger partial charge in [-0.3, -0.25) is 4.79 Å². The van der Waals surface area contributed by atoms with Gasteiger partial charge in [0.05, 0.1) is 5.76 Å². The van der Waals surface area contributed by atoms with Gasteiger partial charge >= 0.3 is 0 Å². The van der Waals surface area contributed by atoms with E-state index >= 15 is 0 Å². The minimum atomic E-state index is 0.166. The van der Waals surface area contributed by atoms with Gasteiger partial charge in [-0.1, -0.05) is 36.9 Å². The zero-order valence-electron chi connectivity index (χ0n) is 8.78. The van der Waals surface area contributed by atoms with Gasteiger partial charge in [0.1, 0.15) is 0 Å². The van der Waals surface area contributed by atoms with Crippen molar-refractivity contribution in [1.82, 2.24) is 0 Å². The summed E-state index contributed by atoms with van der Waals surface area (Å²) in [5.74, 6) is 0.362. The molecule has 80 valence electrons. The van der Waals surface area contributed by atoms with Crippen molar-refractivity contribution in [2.45, 2.75) is 25.7 Å². The van der Waals surface area contributed by atoms with Gasteiger partial charge in [0.25, 0.3) is 0 Å². The van der Waals surface area contributed by atoms with Gasteiger partial charge in [-0.05, 0) is 12.8 Å². The molecular weight excluding hydrogens is 188 g/mol. The molecule has 0 saturated heterocycles. The van der Waals surface area contributed by atoms with Crippen LogP contribution in [0.5, 0.6) is 0 Å². The fraction of sp³-hybridized carbons (Fsp3) is 0.308. The Morgan fingerprint density at radius 2 is 1.73 bits per heavy atom. The summed E-state index contributed by atoms with van der Waals surface area (Å²) in [6.45, 7) is 3.40. The van der Waals surface area contributed by atoms with Crippen LogP contribution in [0, 0.1) is 0 Å². The Balaban J connectivity index is 2.28. The normalized spacial score (nSPS) is 9.87. The molecule has 0 spiro atoms. The van der Waals surface area contributed by atoms with Crippen molar-refractivity contribution < 1.29 is 9.90 Å². The number of aliphatic hydroxyl groups is 1. The van der Waals surface area contributed by atoms with Crippen LogP contribution in [0.4, 0.5) is 0 Å². The zero-order valence-corrected chi connectivity index (χ0v) is 8.78. The third kappa shape index (κ3) is 4.45. The summed E-state index contributed by atoms with van der Waals surface area (Å²) in [5.41, 5.74) is 0.764. The number of carbonyl (C=O) groups is 1. The van der Waals surface area contributed by atoms with E-state index in [0.29, 0.717) is 12.8 Å². The van der Waals surface area contributed by atoms with Crippen LogP contribution in [0.1, 0.15) is 36.0 Å². The zero-order chi connectivity index (χ0) is 11.1. The first-order chi connectivity index (χ1) is 7.20. The van der Waals surface area contributed by atoms with Crippen molar-refractivity contribution in [3.05, 3.63) is 48.2 Å². The van der Waals surface area contributed by atoms with E-state index in [-0.39, 0.29) is 11.5 Å². The van der Waals surface area contributed by atoms with Crippen LogP contribution in [0.3, 0.4) is 0 Å². The van der Waals surface area contributed by atoms with Crippen LogP contribution in [0.15, 0.2) is 42.7 Å². The molecule has 2 nitrogen and oxygen atoms in total. The first-order valence-corrected chi connectivity index (χ1v) is 5.15. The van der Waals surface area contributed by atoms with E-state index in [1.807, 2.05) is 30.3 Å². The van der Waals surface area contributed by atoms with Crippen LogP contribution in [0.25, 0.3) is 0 Å². The second kappa shape index (κ2) is 6.02. The first kappa shape index (κ1) is 11.5. The maximum absolute atomic E-state index is 11.6. The molecule has 0 aliphatic carbocycles. The predicted molar refractivity (Wildman–Crippen MR) is 61.0 cm³/mol. The lowest BCUT2D eigenvalue weighted by molar-refractivity contribution is 0.0979. The van der Waals surface area contributed by atoms with Crippen molar-refractivity contribution in [3.63, 3.8) is 0 Å².